The molecular formula is C9H29N3Si3. The van der Waals surface area contributed by atoms with Crippen molar-refractivity contribution in [2.24, 2.45) is 0 Å². The van der Waals surface area contributed by atoms with Crippen LogP contribution in [0.1, 0.15) is 0 Å². The van der Waals surface area contributed by atoms with Crippen LogP contribution in [0.4, 0.5) is 0 Å². The molecule has 0 aliphatic heterocycles. The third-order valence-corrected chi connectivity index (χ3v) is 16.7. The maximum absolute atomic E-state index is 2.97. The molecule has 0 aromatic carbocycles. The van der Waals surface area contributed by atoms with Crippen LogP contribution in [0.25, 0.3) is 0 Å². The lowest BCUT2D eigenvalue weighted by Crippen LogP contribution is -2.54. The molecule has 0 saturated carbocycles. The van der Waals surface area contributed by atoms with E-state index >= 15 is 0 Å². The van der Waals surface area contributed by atoms with Crippen molar-refractivity contribution in [1.82, 2.24) is 13.7 Å². The number of rotatable bonds is 7. The average Bonchev–Trinajstić information content (AvgIpc) is 2.00. The summed E-state index contributed by atoms with van der Waals surface area (Å²) in [6, 6.07) is 0. The Morgan fingerprint density at radius 3 is 1.33 bits per heavy atom. The Morgan fingerprint density at radius 2 is 1.13 bits per heavy atom. The van der Waals surface area contributed by atoms with Crippen molar-refractivity contribution in [3.05, 3.63) is 0 Å². The second-order valence-corrected chi connectivity index (χ2v) is 16.2. The first kappa shape index (κ1) is 15.5. The zero-order valence-electron chi connectivity index (χ0n) is 11.7. The van der Waals surface area contributed by atoms with Gasteiger partial charge in [0.2, 0.25) is 0 Å². The van der Waals surface area contributed by atoms with Gasteiger partial charge in [0.05, 0.1) is 19.4 Å². The van der Waals surface area contributed by atoms with Crippen molar-refractivity contribution < 1.29 is 0 Å². The quantitative estimate of drug-likeness (QED) is 0.564. The Hall–Kier alpha value is 0.531. The van der Waals surface area contributed by atoms with E-state index in [9.17, 15) is 0 Å². The predicted octanol–water partition coefficient (Wildman–Crippen LogP) is -0.671. The molecule has 92 valence electrons. The molecule has 0 amide bonds. The van der Waals surface area contributed by atoms with Gasteiger partial charge in [-0.05, 0) is 40.5 Å². The molecule has 0 aliphatic rings. The van der Waals surface area contributed by atoms with Gasteiger partial charge in [0.15, 0.2) is 0 Å². The van der Waals surface area contributed by atoms with Crippen molar-refractivity contribution in [1.29, 1.82) is 0 Å². The predicted molar refractivity (Wildman–Crippen MR) is 79.4 cm³/mol. The summed E-state index contributed by atoms with van der Waals surface area (Å²) in [4.78, 5) is 4.70. The van der Waals surface area contributed by atoms with Crippen LogP contribution in [0.15, 0.2) is 0 Å². The van der Waals surface area contributed by atoms with Crippen LogP contribution in [-0.2, 0) is 0 Å². The lowest BCUT2D eigenvalue weighted by molar-refractivity contribution is 0.466. The van der Waals surface area contributed by atoms with Crippen molar-refractivity contribution >= 4 is 27.6 Å². The monoisotopic (exact) mass is 263 g/mol. The molecule has 0 rings (SSSR count). The van der Waals surface area contributed by atoms with Crippen molar-refractivity contribution in [3.63, 3.8) is 0 Å². The highest BCUT2D eigenvalue weighted by Crippen LogP contribution is 2.06. The Kier molecular flexibility index (Phi) is 7.22. The van der Waals surface area contributed by atoms with Crippen LogP contribution in [-0.4, -0.2) is 81.8 Å². The zero-order chi connectivity index (χ0) is 12.1. The van der Waals surface area contributed by atoms with Gasteiger partial charge < -0.3 is 13.7 Å². The summed E-state index contributed by atoms with van der Waals surface area (Å²) >= 11 is 0. The van der Waals surface area contributed by atoms with E-state index in [-0.39, 0.29) is 19.4 Å². The number of hydrogen-bond acceptors (Lipinski definition) is 3. The first-order chi connectivity index (χ1) is 6.73. The van der Waals surface area contributed by atoms with Crippen LogP contribution < -0.4 is 0 Å². The molecule has 0 aromatic heterocycles. The Balaban J connectivity index is 4.08. The first-order valence-electron chi connectivity index (χ1n) is 5.78. The van der Waals surface area contributed by atoms with E-state index in [1.54, 1.807) is 0 Å². The smallest absolute Gasteiger partial charge is 0.105 e. The molecule has 0 N–H and O–H groups in total. The van der Waals surface area contributed by atoms with Crippen LogP contribution in [0.3, 0.4) is 0 Å². The first-order valence-corrected chi connectivity index (χ1v) is 12.5. The molecule has 0 saturated heterocycles. The van der Waals surface area contributed by atoms with E-state index in [1.807, 2.05) is 0 Å². The van der Waals surface area contributed by atoms with Crippen LogP contribution >= 0.6 is 0 Å². The summed E-state index contributed by atoms with van der Waals surface area (Å²) in [5.74, 6) is 0. The molecule has 0 aromatic rings. The fourth-order valence-electron chi connectivity index (χ4n) is 1.42. The average molecular weight is 264 g/mol. The number of nitrogens with zero attached hydrogens (tertiary/aromatic N) is 3. The maximum Gasteiger partial charge on any atom is 0.105 e. The van der Waals surface area contributed by atoms with Crippen molar-refractivity contribution in [3.8, 4) is 0 Å². The molecule has 0 heterocycles. The fraction of sp³-hybridized carbons (Fsp3) is 1.00. The topological polar surface area (TPSA) is 9.72 Å². The molecule has 0 unspecified atom stereocenters. The Labute approximate surface area is 102 Å². The largest absolute Gasteiger partial charge is 0.376 e. The minimum Gasteiger partial charge on any atom is -0.376 e. The van der Waals surface area contributed by atoms with Gasteiger partial charge in [-0.3, -0.25) is 0 Å². The lowest BCUT2D eigenvalue weighted by atomic mass is 11.0. The van der Waals surface area contributed by atoms with Crippen LogP contribution in [0.2, 0.25) is 19.6 Å². The molecule has 0 spiro atoms. The van der Waals surface area contributed by atoms with Gasteiger partial charge in [-0.1, -0.05) is 19.6 Å². The van der Waals surface area contributed by atoms with E-state index in [0.717, 1.165) is 0 Å². The summed E-state index contributed by atoms with van der Waals surface area (Å²) in [5, 5.41) is 0. The molecule has 15 heavy (non-hydrogen) atoms. The second kappa shape index (κ2) is 6.97. The summed E-state index contributed by atoms with van der Waals surface area (Å²) < 4.78 is 2.97. The zero-order valence-corrected chi connectivity index (χ0v) is 15.5. The highest BCUT2D eigenvalue weighted by atomic mass is 28.4. The standard InChI is InChI=1S/C9H29N3Si3/c1-10(2)8-13-12(15(5,6)7)14-9-11(3)4/h8-9,13-14H2,1-7H3. The molecule has 0 atom stereocenters. The van der Waals surface area contributed by atoms with Gasteiger partial charge in [-0.15, -0.1) is 0 Å². The van der Waals surface area contributed by atoms with E-state index in [4.69, 9.17) is 0 Å². The van der Waals surface area contributed by atoms with Gasteiger partial charge in [0, 0.05) is 0 Å². The molecule has 0 fully saturated rings. The molecule has 6 heteroatoms. The van der Waals surface area contributed by atoms with E-state index in [0.29, 0.717) is 0 Å². The van der Waals surface area contributed by atoms with Gasteiger partial charge >= 0.3 is 0 Å². The van der Waals surface area contributed by atoms with Gasteiger partial charge in [-0.2, -0.15) is 0 Å². The highest BCUT2D eigenvalue weighted by Gasteiger charge is 2.22. The van der Waals surface area contributed by atoms with Crippen LogP contribution in [0.5, 0.6) is 0 Å². The molecule has 3 nitrogen and oxygen atoms in total. The molecule has 0 radical (unpaired) electrons. The second-order valence-electron chi connectivity index (χ2n) is 5.76. The molecular weight excluding hydrogens is 234 g/mol. The van der Waals surface area contributed by atoms with E-state index in [2.05, 4.69) is 61.5 Å². The van der Waals surface area contributed by atoms with Crippen molar-refractivity contribution in [2.75, 3.05) is 40.5 Å². The summed E-state index contributed by atoms with van der Waals surface area (Å²) in [6.45, 7) is 7.49. The third-order valence-electron chi connectivity index (χ3n) is 2.58. The van der Waals surface area contributed by atoms with Crippen LogP contribution in [0, 0.1) is 0 Å². The fourth-order valence-corrected chi connectivity index (χ4v) is 10.4. The highest BCUT2D eigenvalue weighted by molar-refractivity contribution is 6.86. The Bertz CT molecular complexity index is 156. The van der Waals surface area contributed by atoms with Gasteiger partial charge in [-0.25, -0.2) is 0 Å². The van der Waals surface area contributed by atoms with Gasteiger partial charge in [0.1, 0.15) is 8.24 Å². The van der Waals surface area contributed by atoms with Crippen molar-refractivity contribution in [2.45, 2.75) is 19.6 Å². The van der Waals surface area contributed by atoms with E-state index in [1.165, 1.54) is 12.3 Å². The Morgan fingerprint density at radius 1 is 0.800 bits per heavy atom. The van der Waals surface area contributed by atoms with Gasteiger partial charge in [0.25, 0.3) is 0 Å². The minimum atomic E-state index is -1.02. The minimum absolute atomic E-state index is 0.0133. The normalized spacial score (nSPS) is 14.8. The number of hydrogen-bond donors (Lipinski definition) is 0. The summed E-state index contributed by atoms with van der Waals surface area (Å²) in [6.07, 6.45) is 2.68. The molecule has 0 bridgehead atoms. The third kappa shape index (κ3) is 8.35. The van der Waals surface area contributed by atoms with E-state index < -0.39 is 8.24 Å². The SMILES string of the molecule is CN(C)C[SiH2]N([SiH2]CN(C)C)[Si](C)(C)C. The summed E-state index contributed by atoms with van der Waals surface area (Å²) in [5.41, 5.74) is 0. The summed E-state index contributed by atoms with van der Waals surface area (Å²) in [7, 11) is 7.75. The molecule has 0 aliphatic carbocycles. The maximum atomic E-state index is 2.97. The lowest BCUT2D eigenvalue weighted by Gasteiger charge is -2.36.